The number of nitrogens with zero attached hydrogens (tertiary/aromatic N) is 2. The third-order valence-corrected chi connectivity index (χ3v) is 8.65. The number of rotatable bonds is 10. The van der Waals surface area contributed by atoms with Crippen molar-refractivity contribution in [3.05, 3.63) is 104 Å². The Morgan fingerprint density at radius 3 is 2.68 bits per heavy atom. The van der Waals surface area contributed by atoms with Gasteiger partial charge in [-0.25, -0.2) is 19.6 Å². The highest BCUT2D eigenvalue weighted by atomic mass is 32.1. The van der Waals surface area contributed by atoms with E-state index in [1.807, 2.05) is 47.5 Å². The van der Waals surface area contributed by atoms with E-state index in [-0.39, 0.29) is 4.88 Å². The van der Waals surface area contributed by atoms with E-state index >= 15 is 0 Å². The summed E-state index contributed by atoms with van der Waals surface area (Å²) in [6, 6.07) is 21.5. The minimum Gasteiger partial charge on any atom is -0.477 e. The topological polar surface area (TPSA) is 90.3 Å². The van der Waals surface area contributed by atoms with Gasteiger partial charge < -0.3 is 14.9 Å². The highest BCUT2D eigenvalue weighted by Gasteiger charge is 2.28. The second-order valence-electron chi connectivity index (χ2n) is 9.67. The van der Waals surface area contributed by atoms with Gasteiger partial charge in [-0.05, 0) is 53.6 Å². The molecule has 41 heavy (non-hydrogen) atoms. The van der Waals surface area contributed by atoms with Crippen molar-refractivity contribution in [3.8, 4) is 23.0 Å². The van der Waals surface area contributed by atoms with E-state index in [0.717, 1.165) is 32.7 Å². The molecule has 2 aromatic heterocycles. The molecule has 9 heteroatoms. The van der Waals surface area contributed by atoms with E-state index in [0.29, 0.717) is 45.5 Å². The molecule has 0 saturated carbocycles. The first-order valence-corrected chi connectivity index (χ1v) is 15.1. The number of thiophene rings is 2. The average molecular weight is 587 g/mol. The van der Waals surface area contributed by atoms with Gasteiger partial charge in [-0.15, -0.1) is 11.3 Å². The fraction of sp³-hybridized carbons (Fsp3) is 0.250. The van der Waals surface area contributed by atoms with Gasteiger partial charge >= 0.3 is 12.1 Å². The van der Waals surface area contributed by atoms with Crippen LogP contribution in [0, 0.1) is 11.8 Å². The second kappa shape index (κ2) is 13.6. The van der Waals surface area contributed by atoms with Crippen LogP contribution in [0.5, 0.6) is 0 Å². The van der Waals surface area contributed by atoms with Crippen molar-refractivity contribution < 1.29 is 24.5 Å². The predicted molar refractivity (Wildman–Crippen MR) is 161 cm³/mol. The molecule has 210 valence electrons. The molecule has 0 spiro atoms. The molecule has 3 heterocycles. The van der Waals surface area contributed by atoms with Gasteiger partial charge in [0.2, 0.25) is 0 Å². The molecule has 1 atom stereocenters. The van der Waals surface area contributed by atoms with Crippen LogP contribution in [0.3, 0.4) is 0 Å². The summed E-state index contributed by atoms with van der Waals surface area (Å²) in [6.45, 7) is 1.72. The molecular weight excluding hydrogens is 556 g/mol. The zero-order chi connectivity index (χ0) is 28.6. The molecule has 1 amide bonds. The lowest BCUT2D eigenvalue weighted by molar-refractivity contribution is -0.0722. The van der Waals surface area contributed by atoms with Crippen molar-refractivity contribution in [2.24, 2.45) is 0 Å². The van der Waals surface area contributed by atoms with Crippen molar-refractivity contribution >= 4 is 34.7 Å². The zero-order valence-corrected chi connectivity index (χ0v) is 24.0. The second-order valence-corrected chi connectivity index (χ2v) is 11.6. The normalized spacial score (nSPS) is 14.3. The van der Waals surface area contributed by atoms with E-state index in [9.17, 15) is 14.7 Å². The van der Waals surface area contributed by atoms with E-state index in [2.05, 4.69) is 34.7 Å². The first-order chi connectivity index (χ1) is 20.0. The minimum atomic E-state index is -0.952. The first-order valence-electron chi connectivity index (χ1n) is 13.4. The molecule has 1 aliphatic heterocycles. The number of carbonyl (C=O) groups is 2. The number of hydrogen-bond acceptors (Lipinski definition) is 7. The number of hydrogen-bond donors (Lipinski definition) is 2. The SMILES string of the molecule is O=C(O)c1ccc(CCN2C(=O)OCCN2CCC(O)Cc2cccc(C#Cc3cscc3-c3ccccc3)c2)s1. The lowest BCUT2D eigenvalue weighted by Gasteiger charge is -2.38. The Bertz CT molecular complexity index is 1550. The highest BCUT2D eigenvalue weighted by Crippen LogP contribution is 2.26. The summed E-state index contributed by atoms with van der Waals surface area (Å²) in [5, 5.41) is 27.6. The zero-order valence-electron chi connectivity index (χ0n) is 22.4. The number of cyclic esters (lactones) is 1. The Kier molecular flexibility index (Phi) is 9.49. The molecule has 2 aromatic carbocycles. The van der Waals surface area contributed by atoms with Gasteiger partial charge in [-0.3, -0.25) is 0 Å². The number of aromatic carboxylic acids is 1. The number of aliphatic hydroxyl groups excluding tert-OH is 1. The molecule has 0 aliphatic carbocycles. The maximum absolute atomic E-state index is 12.5. The quantitative estimate of drug-likeness (QED) is 0.229. The molecule has 7 nitrogen and oxygen atoms in total. The minimum absolute atomic E-state index is 0.277. The summed E-state index contributed by atoms with van der Waals surface area (Å²) in [5.74, 6) is 5.64. The number of aliphatic hydroxyl groups is 1. The van der Waals surface area contributed by atoms with Crippen LogP contribution in [0.2, 0.25) is 0 Å². The Hall–Kier alpha value is -3.94. The van der Waals surface area contributed by atoms with Crippen LogP contribution in [-0.2, 0) is 17.6 Å². The Morgan fingerprint density at radius 1 is 1.02 bits per heavy atom. The third-order valence-electron chi connectivity index (χ3n) is 6.78. The number of benzene rings is 2. The van der Waals surface area contributed by atoms with Gasteiger partial charge in [0.1, 0.15) is 11.5 Å². The summed E-state index contributed by atoms with van der Waals surface area (Å²) in [7, 11) is 0. The molecule has 2 N–H and O–H groups in total. The summed E-state index contributed by atoms with van der Waals surface area (Å²) in [5.41, 5.74) is 5.17. The van der Waals surface area contributed by atoms with Crippen molar-refractivity contribution in [1.29, 1.82) is 0 Å². The van der Waals surface area contributed by atoms with Crippen LogP contribution in [-0.4, -0.2) is 64.6 Å². The molecule has 1 fully saturated rings. The average Bonchev–Trinajstić information content (AvgIpc) is 3.65. The van der Waals surface area contributed by atoms with Crippen LogP contribution in [0.15, 0.2) is 77.5 Å². The molecule has 1 saturated heterocycles. The summed E-state index contributed by atoms with van der Waals surface area (Å²) in [4.78, 5) is 24.8. The van der Waals surface area contributed by atoms with E-state index in [1.165, 1.54) is 11.3 Å². The first kappa shape index (κ1) is 28.6. The van der Waals surface area contributed by atoms with Crippen LogP contribution >= 0.6 is 22.7 Å². The fourth-order valence-electron chi connectivity index (χ4n) is 4.68. The van der Waals surface area contributed by atoms with Crippen molar-refractivity contribution in [2.75, 3.05) is 26.2 Å². The Morgan fingerprint density at radius 2 is 1.88 bits per heavy atom. The van der Waals surface area contributed by atoms with E-state index < -0.39 is 18.2 Å². The molecule has 1 aliphatic rings. The van der Waals surface area contributed by atoms with Gasteiger partial charge in [-0.1, -0.05) is 54.3 Å². The predicted octanol–water partition coefficient (Wildman–Crippen LogP) is 5.78. The maximum Gasteiger partial charge on any atom is 0.424 e. The maximum atomic E-state index is 12.5. The molecule has 1 unspecified atom stereocenters. The molecular formula is C32H30N2O5S2. The van der Waals surface area contributed by atoms with Crippen molar-refractivity contribution in [3.63, 3.8) is 0 Å². The largest absolute Gasteiger partial charge is 0.477 e. The van der Waals surface area contributed by atoms with Gasteiger partial charge in [0.15, 0.2) is 0 Å². The number of hydrazine groups is 1. The number of amides is 1. The summed E-state index contributed by atoms with van der Waals surface area (Å²) >= 11 is 2.84. The Balaban J connectivity index is 1.16. The van der Waals surface area contributed by atoms with Crippen molar-refractivity contribution in [2.45, 2.75) is 25.4 Å². The number of ether oxygens (including phenoxy) is 1. The molecule has 4 aromatic rings. The van der Waals surface area contributed by atoms with Gasteiger partial charge in [0.25, 0.3) is 0 Å². The third kappa shape index (κ3) is 7.63. The van der Waals surface area contributed by atoms with Crippen LogP contribution in [0.4, 0.5) is 4.79 Å². The molecule has 0 bridgehead atoms. The number of carbonyl (C=O) groups excluding carboxylic acids is 1. The summed E-state index contributed by atoms with van der Waals surface area (Å²) < 4.78 is 5.23. The molecule has 0 radical (unpaired) electrons. The van der Waals surface area contributed by atoms with Crippen molar-refractivity contribution in [1.82, 2.24) is 10.0 Å². The Labute approximate surface area is 247 Å². The number of carboxylic acid groups (broad SMARTS) is 1. The molecule has 5 rings (SSSR count). The van der Waals surface area contributed by atoms with Gasteiger partial charge in [0, 0.05) is 46.5 Å². The van der Waals surface area contributed by atoms with Crippen LogP contribution in [0.1, 0.15) is 37.7 Å². The van der Waals surface area contributed by atoms with Gasteiger partial charge in [0.05, 0.1) is 12.6 Å². The van der Waals surface area contributed by atoms with E-state index in [4.69, 9.17) is 9.84 Å². The fourth-order valence-corrected chi connectivity index (χ4v) is 6.30. The monoisotopic (exact) mass is 586 g/mol. The summed E-state index contributed by atoms with van der Waals surface area (Å²) in [6.07, 6.45) is 0.479. The van der Waals surface area contributed by atoms with Crippen LogP contribution in [0.25, 0.3) is 11.1 Å². The number of carboxylic acids is 1. The standard InChI is InChI=1S/C32H30N2O5S2/c35-27(13-15-33-17-18-39-32(38)34(33)16-14-28-11-12-30(41-28)31(36)37)20-24-6-4-5-23(19-24)9-10-26-21-40-22-29(26)25-7-2-1-3-8-25/h1-8,11-12,19,21-22,27,35H,13-18,20H2,(H,36,37). The van der Waals surface area contributed by atoms with E-state index in [1.54, 1.807) is 28.5 Å². The van der Waals surface area contributed by atoms with Gasteiger partial charge in [-0.2, -0.15) is 11.3 Å². The smallest absolute Gasteiger partial charge is 0.424 e. The lowest BCUT2D eigenvalue weighted by atomic mass is 10.0. The van der Waals surface area contributed by atoms with Crippen LogP contribution < -0.4 is 0 Å². The highest BCUT2D eigenvalue weighted by molar-refractivity contribution is 7.13. The lowest BCUT2D eigenvalue weighted by Crippen LogP contribution is -2.53.